The largest absolute Gasteiger partial charge is 0.324 e. The first-order valence-corrected chi connectivity index (χ1v) is 7.44. The van der Waals surface area contributed by atoms with Crippen LogP contribution >= 0.6 is 0 Å². The maximum atomic E-state index is 12.6. The zero-order chi connectivity index (χ0) is 14.2. The molecule has 1 fully saturated rings. The SMILES string of the molecule is CC1(C)CNCCN1C1CCc2ccccc2NC1=O. The van der Waals surface area contributed by atoms with Crippen LogP contribution in [0, 0.1) is 0 Å². The van der Waals surface area contributed by atoms with Gasteiger partial charge in [-0.25, -0.2) is 0 Å². The third-order valence-corrected chi connectivity index (χ3v) is 4.51. The summed E-state index contributed by atoms with van der Waals surface area (Å²) in [6, 6.07) is 8.10. The van der Waals surface area contributed by atoms with Gasteiger partial charge in [-0.15, -0.1) is 0 Å². The molecular formula is C16H23N3O. The molecule has 0 aromatic heterocycles. The molecule has 0 spiro atoms. The van der Waals surface area contributed by atoms with Gasteiger partial charge in [-0.2, -0.15) is 0 Å². The topological polar surface area (TPSA) is 44.4 Å². The van der Waals surface area contributed by atoms with Crippen molar-refractivity contribution in [2.45, 2.75) is 38.3 Å². The first kappa shape index (κ1) is 13.6. The molecule has 1 aromatic carbocycles. The summed E-state index contributed by atoms with van der Waals surface area (Å²) in [6.07, 6.45) is 1.85. The summed E-state index contributed by atoms with van der Waals surface area (Å²) < 4.78 is 0. The maximum absolute atomic E-state index is 12.6. The summed E-state index contributed by atoms with van der Waals surface area (Å²) in [5, 5.41) is 6.52. The summed E-state index contributed by atoms with van der Waals surface area (Å²) >= 11 is 0. The van der Waals surface area contributed by atoms with Crippen molar-refractivity contribution in [1.82, 2.24) is 10.2 Å². The highest BCUT2D eigenvalue weighted by molar-refractivity contribution is 5.96. The van der Waals surface area contributed by atoms with Crippen molar-refractivity contribution in [1.29, 1.82) is 0 Å². The number of fused-ring (bicyclic) bond motifs is 1. The normalized spacial score (nSPS) is 26.5. The second-order valence-electron chi connectivity index (χ2n) is 6.38. The van der Waals surface area contributed by atoms with Crippen LogP contribution in [0.15, 0.2) is 24.3 Å². The molecule has 2 N–H and O–H groups in total. The Kier molecular flexibility index (Phi) is 3.52. The molecule has 2 aliphatic heterocycles. The number of anilines is 1. The zero-order valence-electron chi connectivity index (χ0n) is 12.3. The Bertz CT molecular complexity index is 512. The van der Waals surface area contributed by atoms with Gasteiger partial charge in [-0.05, 0) is 38.3 Å². The van der Waals surface area contributed by atoms with Crippen molar-refractivity contribution in [3.8, 4) is 0 Å². The van der Waals surface area contributed by atoms with Gasteiger partial charge in [-0.3, -0.25) is 9.69 Å². The fraction of sp³-hybridized carbons (Fsp3) is 0.562. The number of hydrogen-bond donors (Lipinski definition) is 2. The van der Waals surface area contributed by atoms with Crippen LogP contribution in [0.4, 0.5) is 5.69 Å². The lowest BCUT2D eigenvalue weighted by molar-refractivity contribution is -0.124. The minimum atomic E-state index is -0.0282. The van der Waals surface area contributed by atoms with E-state index in [2.05, 4.69) is 35.4 Å². The van der Waals surface area contributed by atoms with Crippen molar-refractivity contribution < 1.29 is 4.79 Å². The number of nitrogens with zero attached hydrogens (tertiary/aromatic N) is 1. The Morgan fingerprint density at radius 1 is 1.30 bits per heavy atom. The van der Waals surface area contributed by atoms with Gasteiger partial charge in [0.05, 0.1) is 6.04 Å². The highest BCUT2D eigenvalue weighted by Crippen LogP contribution is 2.28. The Labute approximate surface area is 120 Å². The quantitative estimate of drug-likeness (QED) is 0.817. The van der Waals surface area contributed by atoms with Crippen LogP contribution in [-0.4, -0.2) is 42.0 Å². The van der Waals surface area contributed by atoms with Gasteiger partial charge in [-0.1, -0.05) is 18.2 Å². The summed E-state index contributed by atoms with van der Waals surface area (Å²) in [5.41, 5.74) is 2.25. The third kappa shape index (κ3) is 2.45. The van der Waals surface area contributed by atoms with Crippen molar-refractivity contribution in [3.05, 3.63) is 29.8 Å². The average Bonchev–Trinajstić information content (AvgIpc) is 2.57. The first-order chi connectivity index (χ1) is 9.58. The molecule has 2 heterocycles. The molecular weight excluding hydrogens is 250 g/mol. The molecule has 0 bridgehead atoms. The van der Waals surface area contributed by atoms with E-state index in [1.54, 1.807) is 0 Å². The van der Waals surface area contributed by atoms with Gasteiger partial charge >= 0.3 is 0 Å². The minimum Gasteiger partial charge on any atom is -0.324 e. The Morgan fingerprint density at radius 3 is 2.90 bits per heavy atom. The number of carbonyl (C=O) groups is 1. The number of rotatable bonds is 1. The van der Waals surface area contributed by atoms with Gasteiger partial charge < -0.3 is 10.6 Å². The molecule has 1 saturated heterocycles. The smallest absolute Gasteiger partial charge is 0.241 e. The number of para-hydroxylation sites is 1. The molecule has 0 saturated carbocycles. The van der Waals surface area contributed by atoms with Crippen molar-refractivity contribution in [2.75, 3.05) is 25.0 Å². The molecule has 4 heteroatoms. The van der Waals surface area contributed by atoms with E-state index >= 15 is 0 Å². The van der Waals surface area contributed by atoms with Crippen LogP contribution in [0.3, 0.4) is 0 Å². The third-order valence-electron chi connectivity index (χ3n) is 4.51. The number of aryl methyl sites for hydroxylation is 1. The van der Waals surface area contributed by atoms with Gasteiger partial charge in [0, 0.05) is 30.9 Å². The molecule has 0 radical (unpaired) electrons. The van der Waals surface area contributed by atoms with Crippen LogP contribution in [0.25, 0.3) is 0 Å². The van der Waals surface area contributed by atoms with Gasteiger partial charge in [0.15, 0.2) is 0 Å². The second-order valence-corrected chi connectivity index (χ2v) is 6.38. The zero-order valence-corrected chi connectivity index (χ0v) is 12.3. The number of amides is 1. The number of benzene rings is 1. The summed E-state index contributed by atoms with van der Waals surface area (Å²) in [7, 11) is 0. The summed E-state index contributed by atoms with van der Waals surface area (Å²) in [6.45, 7) is 7.25. The standard InChI is InChI=1S/C16H23N3O/c1-16(2)11-17-9-10-19(16)14-8-7-12-5-3-4-6-13(12)18-15(14)20/h3-6,14,17H,7-11H2,1-2H3,(H,18,20). The van der Waals surface area contributed by atoms with Gasteiger partial charge in [0.25, 0.3) is 0 Å². The molecule has 4 nitrogen and oxygen atoms in total. The van der Waals surface area contributed by atoms with Crippen LogP contribution in [0.2, 0.25) is 0 Å². The second kappa shape index (κ2) is 5.19. The van der Waals surface area contributed by atoms with Crippen molar-refractivity contribution in [2.24, 2.45) is 0 Å². The molecule has 20 heavy (non-hydrogen) atoms. The molecule has 3 rings (SSSR count). The first-order valence-electron chi connectivity index (χ1n) is 7.44. The van der Waals surface area contributed by atoms with E-state index in [1.165, 1.54) is 5.56 Å². The van der Waals surface area contributed by atoms with Crippen LogP contribution in [0.5, 0.6) is 0 Å². The fourth-order valence-electron chi connectivity index (χ4n) is 3.37. The van der Waals surface area contributed by atoms with Crippen LogP contribution < -0.4 is 10.6 Å². The highest BCUT2D eigenvalue weighted by atomic mass is 16.2. The maximum Gasteiger partial charge on any atom is 0.241 e. The Hall–Kier alpha value is -1.39. The molecule has 0 aliphatic carbocycles. The van der Waals surface area contributed by atoms with Crippen LogP contribution in [0.1, 0.15) is 25.8 Å². The highest BCUT2D eigenvalue weighted by Gasteiger charge is 2.38. The Balaban J connectivity index is 1.84. The van der Waals surface area contributed by atoms with E-state index in [1.807, 2.05) is 18.2 Å². The number of piperazine rings is 1. The predicted octanol–water partition coefficient (Wildman–Crippen LogP) is 1.62. The molecule has 1 aromatic rings. The van der Waals surface area contributed by atoms with E-state index in [0.717, 1.165) is 38.2 Å². The molecule has 1 atom stereocenters. The minimum absolute atomic E-state index is 0.0246. The molecule has 1 amide bonds. The summed E-state index contributed by atoms with van der Waals surface area (Å²) in [5.74, 6) is 0.143. The van der Waals surface area contributed by atoms with E-state index < -0.39 is 0 Å². The van der Waals surface area contributed by atoms with E-state index in [9.17, 15) is 4.79 Å². The van der Waals surface area contributed by atoms with E-state index in [0.29, 0.717) is 0 Å². The van der Waals surface area contributed by atoms with Crippen LogP contribution in [-0.2, 0) is 11.2 Å². The van der Waals surface area contributed by atoms with Crippen molar-refractivity contribution in [3.63, 3.8) is 0 Å². The number of hydrogen-bond acceptors (Lipinski definition) is 3. The Morgan fingerprint density at radius 2 is 2.10 bits per heavy atom. The lowest BCUT2D eigenvalue weighted by atomic mass is 9.95. The van der Waals surface area contributed by atoms with Gasteiger partial charge in [0.1, 0.15) is 0 Å². The molecule has 108 valence electrons. The lowest BCUT2D eigenvalue weighted by Gasteiger charge is -2.46. The van der Waals surface area contributed by atoms with Gasteiger partial charge in [0.2, 0.25) is 5.91 Å². The van der Waals surface area contributed by atoms with E-state index in [4.69, 9.17) is 0 Å². The average molecular weight is 273 g/mol. The summed E-state index contributed by atoms with van der Waals surface area (Å²) in [4.78, 5) is 15.0. The predicted molar refractivity (Wildman–Crippen MR) is 80.8 cm³/mol. The lowest BCUT2D eigenvalue weighted by Crippen LogP contribution is -2.63. The fourth-order valence-corrected chi connectivity index (χ4v) is 3.37. The molecule has 1 unspecified atom stereocenters. The van der Waals surface area contributed by atoms with Crippen molar-refractivity contribution >= 4 is 11.6 Å². The molecule has 2 aliphatic rings. The number of nitrogens with one attached hydrogen (secondary N) is 2. The number of carbonyl (C=O) groups excluding carboxylic acids is 1. The van der Waals surface area contributed by atoms with E-state index in [-0.39, 0.29) is 17.5 Å². The monoisotopic (exact) mass is 273 g/mol.